The second-order valence-corrected chi connectivity index (χ2v) is 5.19. The van der Waals surface area contributed by atoms with Gasteiger partial charge in [-0.25, -0.2) is 9.78 Å². The molecule has 0 aliphatic carbocycles. The summed E-state index contributed by atoms with van der Waals surface area (Å²) in [7, 11) is 1.33. The Bertz CT molecular complexity index is 412. The molecular weight excluding hydrogens is 250 g/mol. The highest BCUT2D eigenvalue weighted by atomic mass is 32.2. The topological polar surface area (TPSA) is 77.2 Å². The van der Waals surface area contributed by atoms with Crippen LogP contribution >= 0.6 is 11.8 Å². The van der Waals surface area contributed by atoms with Gasteiger partial charge in [-0.2, -0.15) is 11.8 Å². The van der Waals surface area contributed by atoms with Crippen LogP contribution in [0, 0.1) is 0 Å². The second-order valence-electron chi connectivity index (χ2n) is 3.91. The molecule has 0 aromatic carbocycles. The zero-order chi connectivity index (χ0) is 13.5. The summed E-state index contributed by atoms with van der Waals surface area (Å²) in [6.45, 7) is 2.97. The average molecular weight is 269 g/mol. The number of nitrogen functional groups attached to an aromatic ring is 1. The monoisotopic (exact) mass is 269 g/mol. The van der Waals surface area contributed by atoms with Crippen molar-refractivity contribution in [1.29, 1.82) is 0 Å². The van der Waals surface area contributed by atoms with Gasteiger partial charge in [0, 0.05) is 11.8 Å². The number of nitrogens with two attached hydrogens (primary N) is 1. The van der Waals surface area contributed by atoms with Gasteiger partial charge in [0.15, 0.2) is 0 Å². The van der Waals surface area contributed by atoms with E-state index in [0.717, 1.165) is 13.0 Å². The number of carbonyl (C=O) groups excluding carboxylic acids is 1. The third-order valence-corrected chi connectivity index (χ3v) is 3.64. The van der Waals surface area contributed by atoms with Gasteiger partial charge in [-0.3, -0.25) is 0 Å². The Kier molecular flexibility index (Phi) is 5.77. The summed E-state index contributed by atoms with van der Waals surface area (Å²) < 4.78 is 4.65. The van der Waals surface area contributed by atoms with Crippen molar-refractivity contribution < 1.29 is 9.53 Å². The van der Waals surface area contributed by atoms with Crippen LogP contribution in [-0.4, -0.2) is 36.1 Å². The molecule has 0 saturated heterocycles. The molecule has 18 heavy (non-hydrogen) atoms. The van der Waals surface area contributed by atoms with Crippen LogP contribution in [0.2, 0.25) is 0 Å². The van der Waals surface area contributed by atoms with Crippen molar-refractivity contribution in [2.75, 3.05) is 31.0 Å². The Morgan fingerprint density at radius 3 is 3.00 bits per heavy atom. The van der Waals surface area contributed by atoms with E-state index in [1.807, 2.05) is 11.8 Å². The maximum atomic E-state index is 11.5. The fraction of sp³-hybridized carbons (Fsp3) is 0.500. The van der Waals surface area contributed by atoms with Crippen molar-refractivity contribution in [1.82, 2.24) is 4.98 Å². The lowest BCUT2D eigenvalue weighted by Crippen LogP contribution is -2.11. The quantitative estimate of drug-likeness (QED) is 0.769. The van der Waals surface area contributed by atoms with E-state index in [9.17, 15) is 4.79 Å². The van der Waals surface area contributed by atoms with Gasteiger partial charge in [0.1, 0.15) is 5.82 Å². The molecule has 1 unspecified atom stereocenters. The van der Waals surface area contributed by atoms with E-state index in [0.29, 0.717) is 22.3 Å². The van der Waals surface area contributed by atoms with Gasteiger partial charge in [-0.1, -0.05) is 6.92 Å². The molecular formula is C12H19N3O2S. The van der Waals surface area contributed by atoms with Gasteiger partial charge in [-0.05, 0) is 18.7 Å². The molecule has 1 aromatic rings. The Labute approximate surface area is 111 Å². The van der Waals surface area contributed by atoms with Crippen LogP contribution in [0.25, 0.3) is 0 Å². The van der Waals surface area contributed by atoms with Crippen LogP contribution < -0.4 is 11.1 Å². The van der Waals surface area contributed by atoms with Crippen LogP contribution in [0.3, 0.4) is 0 Å². The number of thioether (sulfide) groups is 1. The highest BCUT2D eigenvalue weighted by Gasteiger charge is 2.11. The van der Waals surface area contributed by atoms with Crippen molar-refractivity contribution in [3.8, 4) is 0 Å². The van der Waals surface area contributed by atoms with Crippen LogP contribution in [-0.2, 0) is 4.74 Å². The summed E-state index contributed by atoms with van der Waals surface area (Å²) in [5.41, 5.74) is 6.33. The molecule has 0 saturated carbocycles. The number of nitrogens with zero attached hydrogens (tertiary/aromatic N) is 1. The van der Waals surface area contributed by atoms with Crippen LogP contribution in [0.15, 0.2) is 12.3 Å². The molecule has 1 atom stereocenters. The number of methoxy groups -OCH3 is 1. The van der Waals surface area contributed by atoms with Crippen LogP contribution in [0.4, 0.5) is 11.5 Å². The van der Waals surface area contributed by atoms with Crippen molar-refractivity contribution in [2.45, 2.75) is 18.6 Å². The molecule has 1 heterocycles. The van der Waals surface area contributed by atoms with Crippen LogP contribution in [0.1, 0.15) is 23.7 Å². The maximum Gasteiger partial charge on any atom is 0.340 e. The van der Waals surface area contributed by atoms with E-state index < -0.39 is 5.97 Å². The molecule has 0 aliphatic rings. The zero-order valence-corrected chi connectivity index (χ0v) is 11.7. The first kappa shape index (κ1) is 14.6. The first-order chi connectivity index (χ1) is 8.58. The SMILES string of the molecule is COC(=O)c1cc(NCCC(C)SC)ncc1N. The first-order valence-corrected chi connectivity index (χ1v) is 6.97. The molecule has 6 heteroatoms. The number of ether oxygens (including phenoxy) is 1. The predicted molar refractivity (Wildman–Crippen MR) is 76.1 cm³/mol. The van der Waals surface area contributed by atoms with Crippen molar-refractivity contribution in [3.63, 3.8) is 0 Å². The smallest absolute Gasteiger partial charge is 0.340 e. The fourth-order valence-electron chi connectivity index (χ4n) is 1.37. The van der Waals surface area contributed by atoms with Gasteiger partial charge < -0.3 is 15.8 Å². The Hall–Kier alpha value is -1.43. The average Bonchev–Trinajstić information content (AvgIpc) is 2.39. The number of carbonyl (C=O) groups is 1. The summed E-state index contributed by atoms with van der Waals surface area (Å²) in [6, 6.07) is 1.62. The molecule has 0 spiro atoms. The lowest BCUT2D eigenvalue weighted by atomic mass is 10.2. The van der Waals surface area contributed by atoms with Crippen molar-refractivity contribution in [2.24, 2.45) is 0 Å². The minimum absolute atomic E-state index is 0.324. The normalized spacial score (nSPS) is 11.9. The number of esters is 1. The van der Waals surface area contributed by atoms with Gasteiger partial charge in [0.25, 0.3) is 0 Å². The Morgan fingerprint density at radius 1 is 1.67 bits per heavy atom. The molecule has 0 aliphatic heterocycles. The largest absolute Gasteiger partial charge is 0.465 e. The van der Waals surface area contributed by atoms with E-state index in [1.165, 1.54) is 13.3 Å². The lowest BCUT2D eigenvalue weighted by molar-refractivity contribution is 0.0602. The molecule has 0 fully saturated rings. The Morgan fingerprint density at radius 2 is 2.39 bits per heavy atom. The summed E-state index contributed by atoms with van der Waals surface area (Å²) in [4.78, 5) is 15.6. The van der Waals surface area contributed by atoms with E-state index in [4.69, 9.17) is 5.73 Å². The number of nitrogens with one attached hydrogen (secondary N) is 1. The minimum atomic E-state index is -0.449. The van der Waals surface area contributed by atoms with E-state index in [-0.39, 0.29) is 0 Å². The first-order valence-electron chi connectivity index (χ1n) is 5.69. The third-order valence-electron chi connectivity index (χ3n) is 2.60. The number of rotatable bonds is 6. The lowest BCUT2D eigenvalue weighted by Gasteiger charge is -2.11. The van der Waals surface area contributed by atoms with E-state index in [2.05, 4.69) is 28.2 Å². The van der Waals surface area contributed by atoms with Gasteiger partial charge in [0.05, 0.1) is 24.6 Å². The molecule has 3 N–H and O–H groups in total. The molecule has 0 amide bonds. The second kappa shape index (κ2) is 7.10. The highest BCUT2D eigenvalue weighted by molar-refractivity contribution is 7.99. The number of hydrogen-bond acceptors (Lipinski definition) is 6. The van der Waals surface area contributed by atoms with Gasteiger partial charge in [-0.15, -0.1) is 0 Å². The minimum Gasteiger partial charge on any atom is -0.465 e. The fourth-order valence-corrected chi connectivity index (χ4v) is 1.72. The standard InChI is InChI=1S/C12H19N3O2S/c1-8(18-3)4-5-14-11-6-9(12(16)17-2)10(13)7-15-11/h6-8H,4-5,13H2,1-3H3,(H,14,15). The molecule has 1 aromatic heterocycles. The van der Waals surface area contributed by atoms with E-state index >= 15 is 0 Å². The summed E-state index contributed by atoms with van der Waals surface area (Å²) >= 11 is 1.82. The summed E-state index contributed by atoms with van der Waals surface area (Å²) in [6.07, 6.45) is 4.58. The maximum absolute atomic E-state index is 11.5. The molecule has 100 valence electrons. The van der Waals surface area contributed by atoms with Crippen LogP contribution in [0.5, 0.6) is 0 Å². The number of aromatic nitrogens is 1. The van der Waals surface area contributed by atoms with Gasteiger partial charge in [0.2, 0.25) is 0 Å². The summed E-state index contributed by atoms with van der Waals surface area (Å²) in [5, 5.41) is 3.76. The van der Waals surface area contributed by atoms with E-state index in [1.54, 1.807) is 6.07 Å². The molecule has 0 radical (unpaired) electrons. The molecule has 0 bridgehead atoms. The van der Waals surface area contributed by atoms with Crippen molar-refractivity contribution >= 4 is 29.2 Å². The van der Waals surface area contributed by atoms with Gasteiger partial charge >= 0.3 is 5.97 Å². The molecule has 1 rings (SSSR count). The zero-order valence-electron chi connectivity index (χ0n) is 10.9. The van der Waals surface area contributed by atoms with Crippen molar-refractivity contribution in [3.05, 3.63) is 17.8 Å². The number of hydrogen-bond donors (Lipinski definition) is 2. The molecule has 5 nitrogen and oxygen atoms in total. The third kappa shape index (κ3) is 4.10. The summed E-state index contributed by atoms with van der Waals surface area (Å²) in [5.74, 6) is 0.188. The number of pyridine rings is 1. The predicted octanol–water partition coefficient (Wildman–Crippen LogP) is 2.00. The number of anilines is 2. The highest BCUT2D eigenvalue weighted by Crippen LogP contribution is 2.16. The Balaban J connectivity index is 2.65.